The van der Waals surface area contributed by atoms with Gasteiger partial charge < -0.3 is 35.0 Å². The Balaban J connectivity index is 1.74. The number of carbonyl (C=O) groups excluding carboxylic acids is 1. The lowest BCUT2D eigenvalue weighted by molar-refractivity contribution is -0.0189. The van der Waals surface area contributed by atoms with Crippen LogP contribution in [0, 0.1) is 11.6 Å². The fourth-order valence-corrected chi connectivity index (χ4v) is 3.45. The first-order chi connectivity index (χ1) is 15.1. The van der Waals surface area contributed by atoms with Gasteiger partial charge in [-0.05, 0) is 30.3 Å². The second kappa shape index (κ2) is 7.80. The summed E-state index contributed by atoms with van der Waals surface area (Å²) >= 11 is 0. The zero-order valence-electron chi connectivity index (χ0n) is 16.1. The normalized spacial score (nSPS) is 17.3. The number of phenols is 5. The predicted octanol–water partition coefficient (Wildman–Crippen LogP) is 3.39. The van der Waals surface area contributed by atoms with Crippen LogP contribution in [-0.2, 0) is 11.2 Å². The third-order valence-electron chi connectivity index (χ3n) is 5.00. The van der Waals surface area contributed by atoms with Gasteiger partial charge in [-0.1, -0.05) is 0 Å². The first-order valence-electron chi connectivity index (χ1n) is 9.26. The largest absolute Gasteiger partial charge is 0.508 e. The molecule has 3 aromatic carbocycles. The van der Waals surface area contributed by atoms with Crippen molar-refractivity contribution in [3.8, 4) is 34.5 Å². The summed E-state index contributed by atoms with van der Waals surface area (Å²) in [5.74, 6) is -6.08. The summed E-state index contributed by atoms with van der Waals surface area (Å²) < 4.78 is 37.9. The number of phenolic OH excluding ortho intramolecular Hbond substituents is 5. The Morgan fingerprint density at radius 2 is 1.59 bits per heavy atom. The molecule has 1 aliphatic rings. The van der Waals surface area contributed by atoms with E-state index in [2.05, 4.69) is 0 Å². The third-order valence-corrected chi connectivity index (χ3v) is 5.00. The molecular weight excluding hydrogens is 430 g/mol. The molecule has 0 saturated carbocycles. The van der Waals surface area contributed by atoms with E-state index >= 15 is 0 Å². The first kappa shape index (κ1) is 21.0. The van der Waals surface area contributed by atoms with Crippen molar-refractivity contribution in [1.29, 1.82) is 0 Å². The van der Waals surface area contributed by atoms with Crippen LogP contribution in [0.1, 0.15) is 27.6 Å². The summed E-state index contributed by atoms with van der Waals surface area (Å²) in [4.78, 5) is 12.6. The number of benzene rings is 3. The van der Waals surface area contributed by atoms with Crippen LogP contribution < -0.4 is 4.74 Å². The lowest BCUT2D eigenvalue weighted by Gasteiger charge is -2.34. The third kappa shape index (κ3) is 3.78. The topological polar surface area (TPSA) is 137 Å². The summed E-state index contributed by atoms with van der Waals surface area (Å²) in [5, 5.41) is 49.3. The molecule has 5 N–H and O–H groups in total. The quantitative estimate of drug-likeness (QED) is 0.305. The van der Waals surface area contributed by atoms with Crippen LogP contribution in [0.15, 0.2) is 42.5 Å². The zero-order valence-corrected chi connectivity index (χ0v) is 16.1. The fourth-order valence-electron chi connectivity index (χ4n) is 3.45. The molecule has 0 aromatic heterocycles. The highest BCUT2D eigenvalue weighted by atomic mass is 19.2. The Morgan fingerprint density at radius 1 is 0.906 bits per heavy atom. The maximum atomic E-state index is 13.5. The molecule has 1 heterocycles. The molecule has 2 atom stereocenters. The van der Waals surface area contributed by atoms with Crippen molar-refractivity contribution in [2.24, 2.45) is 0 Å². The molecule has 1 unspecified atom stereocenters. The summed E-state index contributed by atoms with van der Waals surface area (Å²) in [6.07, 6.45) is -2.46. The minimum absolute atomic E-state index is 0.0553. The molecule has 0 aliphatic carbocycles. The van der Waals surface area contributed by atoms with Gasteiger partial charge in [-0.3, -0.25) is 0 Å². The number of halogens is 2. The molecular formula is C22H16F2O8. The summed E-state index contributed by atoms with van der Waals surface area (Å²) in [6, 6.07) is 6.89. The van der Waals surface area contributed by atoms with Crippen molar-refractivity contribution < 1.29 is 48.6 Å². The van der Waals surface area contributed by atoms with E-state index in [4.69, 9.17) is 9.47 Å². The molecule has 166 valence electrons. The Labute approximate surface area is 179 Å². The minimum Gasteiger partial charge on any atom is -0.508 e. The maximum absolute atomic E-state index is 13.5. The van der Waals surface area contributed by atoms with Gasteiger partial charge in [0.25, 0.3) is 0 Å². The number of aromatic hydroxyl groups is 5. The molecule has 0 saturated heterocycles. The molecule has 0 spiro atoms. The van der Waals surface area contributed by atoms with Gasteiger partial charge >= 0.3 is 5.97 Å². The van der Waals surface area contributed by atoms with Crippen LogP contribution >= 0.6 is 0 Å². The average molecular weight is 446 g/mol. The lowest BCUT2D eigenvalue weighted by Crippen LogP contribution is -2.34. The molecule has 0 amide bonds. The van der Waals surface area contributed by atoms with Crippen molar-refractivity contribution in [3.05, 3.63) is 70.8 Å². The zero-order chi connectivity index (χ0) is 23.2. The second-order valence-electron chi connectivity index (χ2n) is 7.16. The molecule has 0 fully saturated rings. The van der Waals surface area contributed by atoms with Crippen LogP contribution in [0.4, 0.5) is 8.78 Å². The summed E-state index contributed by atoms with van der Waals surface area (Å²) in [5.41, 5.74) is 0.0171. The number of ether oxygens (including phenoxy) is 2. The highest BCUT2D eigenvalue weighted by Crippen LogP contribution is 2.45. The molecule has 4 rings (SSSR count). The molecule has 8 nitrogen and oxygen atoms in total. The van der Waals surface area contributed by atoms with E-state index in [0.29, 0.717) is 6.07 Å². The Hall–Kier alpha value is -4.21. The summed E-state index contributed by atoms with van der Waals surface area (Å²) in [6.45, 7) is 0. The van der Waals surface area contributed by atoms with Gasteiger partial charge in [0.2, 0.25) is 0 Å². The Morgan fingerprint density at radius 3 is 2.25 bits per heavy atom. The van der Waals surface area contributed by atoms with E-state index < -0.39 is 47.1 Å². The van der Waals surface area contributed by atoms with Crippen LogP contribution in [0.25, 0.3) is 0 Å². The highest BCUT2D eigenvalue weighted by Gasteiger charge is 2.37. The molecule has 10 heteroatoms. The van der Waals surface area contributed by atoms with Gasteiger partial charge in [0.05, 0.1) is 5.56 Å². The lowest BCUT2D eigenvalue weighted by atomic mass is 9.93. The van der Waals surface area contributed by atoms with E-state index in [1.54, 1.807) is 0 Å². The fraction of sp³-hybridized carbons (Fsp3) is 0.136. The number of rotatable bonds is 3. The number of fused-ring (bicyclic) bond motifs is 1. The van der Waals surface area contributed by atoms with E-state index in [1.165, 1.54) is 6.07 Å². The second-order valence-corrected chi connectivity index (χ2v) is 7.16. The van der Waals surface area contributed by atoms with Gasteiger partial charge in [-0.2, -0.15) is 0 Å². The van der Waals surface area contributed by atoms with Crippen LogP contribution in [0.5, 0.6) is 34.5 Å². The number of hydrogen-bond donors (Lipinski definition) is 5. The minimum atomic E-state index is -1.25. The van der Waals surface area contributed by atoms with Crippen LogP contribution in [0.3, 0.4) is 0 Å². The van der Waals surface area contributed by atoms with Crippen molar-refractivity contribution in [3.63, 3.8) is 0 Å². The van der Waals surface area contributed by atoms with Gasteiger partial charge in [0.1, 0.15) is 23.4 Å². The SMILES string of the molecule is O=C(OC1Cc2c(O)cc(O)cc2O[C@@H]1c1cc(O)c(O)c(O)c1)c1ccc(F)c(F)c1. The average Bonchev–Trinajstić information content (AvgIpc) is 2.73. The monoisotopic (exact) mass is 446 g/mol. The van der Waals surface area contributed by atoms with Gasteiger partial charge in [0.15, 0.2) is 35.0 Å². The van der Waals surface area contributed by atoms with Crippen molar-refractivity contribution >= 4 is 5.97 Å². The van der Waals surface area contributed by atoms with Gasteiger partial charge in [-0.15, -0.1) is 0 Å². The van der Waals surface area contributed by atoms with Crippen molar-refractivity contribution in [1.82, 2.24) is 0 Å². The highest BCUT2D eigenvalue weighted by molar-refractivity contribution is 5.89. The number of carbonyl (C=O) groups is 1. The number of hydrogen-bond acceptors (Lipinski definition) is 8. The van der Waals surface area contributed by atoms with Gasteiger partial charge in [0, 0.05) is 29.7 Å². The molecule has 1 aliphatic heterocycles. The van der Waals surface area contributed by atoms with E-state index in [1.807, 2.05) is 0 Å². The van der Waals surface area contributed by atoms with Crippen LogP contribution in [-0.4, -0.2) is 37.6 Å². The Bertz CT molecular complexity index is 1200. The van der Waals surface area contributed by atoms with E-state index in [0.717, 1.165) is 30.3 Å². The molecule has 0 bridgehead atoms. The summed E-state index contributed by atoms with van der Waals surface area (Å²) in [7, 11) is 0. The molecule has 32 heavy (non-hydrogen) atoms. The standard InChI is InChI=1S/C22H16F2O8/c23-13-2-1-9(3-14(13)24)22(30)32-19-8-12-15(26)6-11(25)7-18(12)31-21(19)10-4-16(27)20(29)17(28)5-10/h1-7,19,21,25-29H,8H2/t19?,21-/m1/s1. The van der Waals surface area contributed by atoms with Gasteiger partial charge in [-0.25, -0.2) is 13.6 Å². The first-order valence-corrected chi connectivity index (χ1v) is 9.26. The van der Waals surface area contributed by atoms with Crippen molar-refractivity contribution in [2.75, 3.05) is 0 Å². The van der Waals surface area contributed by atoms with Crippen molar-refractivity contribution in [2.45, 2.75) is 18.6 Å². The van der Waals surface area contributed by atoms with Crippen LogP contribution in [0.2, 0.25) is 0 Å². The maximum Gasteiger partial charge on any atom is 0.338 e. The van der Waals surface area contributed by atoms with E-state index in [-0.39, 0.29) is 40.4 Å². The molecule has 3 aromatic rings. The molecule has 0 radical (unpaired) electrons. The van der Waals surface area contributed by atoms with E-state index in [9.17, 15) is 39.1 Å². The Kier molecular flexibility index (Phi) is 5.13. The predicted molar refractivity (Wildman–Crippen MR) is 104 cm³/mol. The number of esters is 1. The smallest absolute Gasteiger partial charge is 0.338 e.